The van der Waals surface area contributed by atoms with Gasteiger partial charge in [-0.2, -0.15) is 0 Å². The van der Waals surface area contributed by atoms with Crippen LogP contribution in [0.15, 0.2) is 0 Å². The minimum absolute atomic E-state index is 0.0227. The Kier molecular flexibility index (Phi) is 3.27. The molecule has 4 heteroatoms. The van der Waals surface area contributed by atoms with Crippen LogP contribution in [-0.4, -0.2) is 30.7 Å². The highest BCUT2D eigenvalue weighted by atomic mass is 16.5. The number of hydrogen-bond acceptors (Lipinski definition) is 3. The van der Waals surface area contributed by atoms with E-state index >= 15 is 0 Å². The van der Waals surface area contributed by atoms with E-state index in [1.54, 1.807) is 0 Å². The van der Waals surface area contributed by atoms with Crippen molar-refractivity contribution in [3.63, 3.8) is 0 Å². The Bertz CT molecular complexity index is 188. The van der Waals surface area contributed by atoms with Crippen molar-refractivity contribution in [3.05, 3.63) is 0 Å². The summed E-state index contributed by atoms with van der Waals surface area (Å²) < 4.78 is 5.29. The van der Waals surface area contributed by atoms with Crippen molar-refractivity contribution in [1.82, 2.24) is 5.32 Å². The molecule has 0 saturated carbocycles. The molecule has 0 aromatic carbocycles. The standard InChI is InChI=1S/C9H18N2O2/c1-7(5-8(10)12)11-9(2)3-4-13-6-9/h7,11H,3-6H2,1-2H3,(H2,10,12). The molecule has 1 fully saturated rings. The molecule has 2 atom stereocenters. The quantitative estimate of drug-likeness (QED) is 0.650. The van der Waals surface area contributed by atoms with Crippen LogP contribution in [0.4, 0.5) is 0 Å². The third-order valence-corrected chi connectivity index (χ3v) is 2.32. The molecule has 1 heterocycles. The number of nitrogens with two attached hydrogens (primary N) is 1. The van der Waals surface area contributed by atoms with Gasteiger partial charge in [0.1, 0.15) is 0 Å². The van der Waals surface area contributed by atoms with Gasteiger partial charge in [-0.1, -0.05) is 0 Å². The number of ether oxygens (including phenoxy) is 1. The van der Waals surface area contributed by atoms with Crippen LogP contribution in [0.1, 0.15) is 26.7 Å². The molecule has 76 valence electrons. The zero-order chi connectivity index (χ0) is 9.90. The molecule has 2 unspecified atom stereocenters. The zero-order valence-electron chi connectivity index (χ0n) is 8.30. The topological polar surface area (TPSA) is 64.4 Å². The fourth-order valence-corrected chi connectivity index (χ4v) is 1.73. The highest BCUT2D eigenvalue weighted by molar-refractivity contribution is 5.74. The predicted octanol–water partition coefficient (Wildman–Crippen LogP) is 0.0189. The normalized spacial score (nSPS) is 30.3. The van der Waals surface area contributed by atoms with E-state index in [0.29, 0.717) is 6.42 Å². The summed E-state index contributed by atoms with van der Waals surface area (Å²) in [6.07, 6.45) is 1.38. The molecule has 1 saturated heterocycles. The van der Waals surface area contributed by atoms with Crippen LogP contribution >= 0.6 is 0 Å². The summed E-state index contributed by atoms with van der Waals surface area (Å²) in [5.41, 5.74) is 5.12. The fourth-order valence-electron chi connectivity index (χ4n) is 1.73. The third-order valence-electron chi connectivity index (χ3n) is 2.32. The van der Waals surface area contributed by atoms with E-state index in [0.717, 1.165) is 19.6 Å². The van der Waals surface area contributed by atoms with E-state index < -0.39 is 0 Å². The number of amides is 1. The minimum Gasteiger partial charge on any atom is -0.379 e. The molecule has 1 aliphatic rings. The molecule has 0 radical (unpaired) electrons. The molecule has 13 heavy (non-hydrogen) atoms. The smallest absolute Gasteiger partial charge is 0.218 e. The van der Waals surface area contributed by atoms with Crippen LogP contribution < -0.4 is 11.1 Å². The maximum atomic E-state index is 10.6. The van der Waals surface area contributed by atoms with E-state index in [4.69, 9.17) is 10.5 Å². The first-order valence-electron chi connectivity index (χ1n) is 4.66. The second-order valence-electron chi connectivity index (χ2n) is 4.08. The summed E-state index contributed by atoms with van der Waals surface area (Å²) in [5, 5.41) is 3.36. The van der Waals surface area contributed by atoms with Crippen LogP contribution in [0.2, 0.25) is 0 Å². The first-order chi connectivity index (χ1) is 6.02. The van der Waals surface area contributed by atoms with Crippen molar-refractivity contribution in [2.45, 2.75) is 38.3 Å². The fraction of sp³-hybridized carbons (Fsp3) is 0.889. The van der Waals surface area contributed by atoms with Gasteiger partial charge in [-0.15, -0.1) is 0 Å². The lowest BCUT2D eigenvalue weighted by Gasteiger charge is -2.27. The first-order valence-corrected chi connectivity index (χ1v) is 4.66. The van der Waals surface area contributed by atoms with Gasteiger partial charge in [0.25, 0.3) is 0 Å². The van der Waals surface area contributed by atoms with E-state index in [9.17, 15) is 4.79 Å². The molecule has 0 spiro atoms. The van der Waals surface area contributed by atoms with Crippen LogP contribution in [0.3, 0.4) is 0 Å². The van der Waals surface area contributed by atoms with Gasteiger partial charge in [-0.25, -0.2) is 0 Å². The van der Waals surface area contributed by atoms with Crippen molar-refractivity contribution >= 4 is 5.91 Å². The van der Waals surface area contributed by atoms with Crippen LogP contribution in [0.25, 0.3) is 0 Å². The van der Waals surface area contributed by atoms with E-state index in [1.807, 2.05) is 6.92 Å². The van der Waals surface area contributed by atoms with Gasteiger partial charge in [-0.3, -0.25) is 4.79 Å². The number of carbonyl (C=O) groups excluding carboxylic acids is 1. The molecule has 0 aromatic rings. The van der Waals surface area contributed by atoms with Crippen LogP contribution in [-0.2, 0) is 9.53 Å². The molecule has 1 rings (SSSR count). The Morgan fingerprint density at radius 1 is 1.77 bits per heavy atom. The second kappa shape index (κ2) is 4.07. The Labute approximate surface area is 78.8 Å². The van der Waals surface area contributed by atoms with Crippen molar-refractivity contribution in [2.75, 3.05) is 13.2 Å². The lowest BCUT2D eigenvalue weighted by Crippen LogP contribution is -2.48. The molecule has 3 N–H and O–H groups in total. The summed E-state index contributed by atoms with van der Waals surface area (Å²) in [4.78, 5) is 10.6. The van der Waals surface area contributed by atoms with Gasteiger partial charge in [0.15, 0.2) is 0 Å². The van der Waals surface area contributed by atoms with Crippen molar-refractivity contribution in [2.24, 2.45) is 5.73 Å². The predicted molar refractivity (Wildman–Crippen MR) is 50.3 cm³/mol. The Hall–Kier alpha value is -0.610. The number of rotatable bonds is 4. The van der Waals surface area contributed by atoms with Crippen molar-refractivity contribution in [1.29, 1.82) is 0 Å². The minimum atomic E-state index is -0.262. The van der Waals surface area contributed by atoms with E-state index in [2.05, 4.69) is 12.2 Å². The average Bonchev–Trinajstić information content (AvgIpc) is 2.33. The number of hydrogen-bond donors (Lipinski definition) is 2. The maximum absolute atomic E-state index is 10.6. The zero-order valence-corrected chi connectivity index (χ0v) is 8.30. The molecule has 4 nitrogen and oxygen atoms in total. The second-order valence-corrected chi connectivity index (χ2v) is 4.08. The molecule has 1 amide bonds. The number of primary amides is 1. The molecule has 0 aliphatic carbocycles. The van der Waals surface area contributed by atoms with Gasteiger partial charge >= 0.3 is 0 Å². The summed E-state index contributed by atoms with van der Waals surface area (Å²) in [6, 6.07) is 0.129. The lowest BCUT2D eigenvalue weighted by molar-refractivity contribution is -0.118. The lowest BCUT2D eigenvalue weighted by atomic mass is 10.00. The Balaban J connectivity index is 2.33. The molecule has 1 aliphatic heterocycles. The number of nitrogens with one attached hydrogen (secondary N) is 1. The highest BCUT2D eigenvalue weighted by Crippen LogP contribution is 2.18. The third kappa shape index (κ3) is 3.32. The van der Waals surface area contributed by atoms with E-state index in [1.165, 1.54) is 0 Å². The largest absolute Gasteiger partial charge is 0.379 e. The van der Waals surface area contributed by atoms with E-state index in [-0.39, 0.29) is 17.5 Å². The summed E-state index contributed by atoms with van der Waals surface area (Å²) in [7, 11) is 0. The molecule has 0 aromatic heterocycles. The highest BCUT2D eigenvalue weighted by Gasteiger charge is 2.30. The van der Waals surface area contributed by atoms with Gasteiger partial charge in [0, 0.05) is 24.6 Å². The first kappa shape index (κ1) is 10.5. The molecular weight excluding hydrogens is 168 g/mol. The Morgan fingerprint density at radius 2 is 2.46 bits per heavy atom. The SMILES string of the molecule is CC(CC(N)=O)NC1(C)CCOC1. The molecular formula is C9H18N2O2. The van der Waals surface area contributed by atoms with Crippen molar-refractivity contribution < 1.29 is 9.53 Å². The average molecular weight is 186 g/mol. The summed E-state index contributed by atoms with van der Waals surface area (Å²) in [5.74, 6) is -0.262. The van der Waals surface area contributed by atoms with Gasteiger partial charge in [0.2, 0.25) is 5.91 Å². The summed E-state index contributed by atoms with van der Waals surface area (Å²) in [6.45, 7) is 5.59. The van der Waals surface area contributed by atoms with Gasteiger partial charge in [-0.05, 0) is 20.3 Å². The van der Waals surface area contributed by atoms with Gasteiger partial charge in [0.05, 0.1) is 6.61 Å². The van der Waals surface area contributed by atoms with Crippen LogP contribution in [0, 0.1) is 0 Å². The maximum Gasteiger partial charge on any atom is 0.218 e. The van der Waals surface area contributed by atoms with Gasteiger partial charge < -0.3 is 15.8 Å². The van der Waals surface area contributed by atoms with Crippen LogP contribution in [0.5, 0.6) is 0 Å². The number of carbonyl (C=O) groups is 1. The molecule has 0 bridgehead atoms. The Morgan fingerprint density at radius 3 is 2.92 bits per heavy atom. The summed E-state index contributed by atoms with van der Waals surface area (Å²) >= 11 is 0. The monoisotopic (exact) mass is 186 g/mol. The van der Waals surface area contributed by atoms with Crippen molar-refractivity contribution in [3.8, 4) is 0 Å².